The van der Waals surface area contributed by atoms with Crippen LogP contribution in [0.4, 0.5) is 0 Å². The van der Waals surface area contributed by atoms with Gasteiger partial charge in [0.1, 0.15) is 0 Å². The van der Waals surface area contributed by atoms with Crippen molar-refractivity contribution in [1.82, 2.24) is 10.2 Å². The van der Waals surface area contributed by atoms with Crippen LogP contribution in [0, 0.1) is 5.92 Å². The third kappa shape index (κ3) is 4.48. The highest BCUT2D eigenvalue weighted by atomic mass is 35.5. The van der Waals surface area contributed by atoms with Crippen LogP contribution in [0.2, 0.25) is 0 Å². The lowest BCUT2D eigenvalue weighted by Gasteiger charge is -2.23. The van der Waals surface area contributed by atoms with Gasteiger partial charge in [-0.25, -0.2) is 0 Å². The van der Waals surface area contributed by atoms with E-state index in [9.17, 15) is 4.79 Å². The summed E-state index contributed by atoms with van der Waals surface area (Å²) in [7, 11) is 3.65. The minimum Gasteiger partial charge on any atom is -0.349 e. The molecule has 0 aliphatic carbocycles. The number of nitrogens with one attached hydrogen (secondary N) is 1. The Morgan fingerprint density at radius 3 is 2.38 bits per heavy atom. The van der Waals surface area contributed by atoms with Gasteiger partial charge < -0.3 is 10.2 Å². The molecule has 13 heavy (non-hydrogen) atoms. The first-order chi connectivity index (χ1) is 5.70. The first-order valence-corrected chi connectivity index (χ1v) is 4.61. The predicted octanol–water partition coefficient (Wildman–Crippen LogP) is 0.886. The predicted molar refractivity (Wildman–Crippen MR) is 56.2 cm³/mol. The van der Waals surface area contributed by atoms with E-state index in [1.807, 2.05) is 14.1 Å². The Balaban J connectivity index is 0.00000144. The van der Waals surface area contributed by atoms with Crippen molar-refractivity contribution in [2.75, 3.05) is 27.2 Å². The van der Waals surface area contributed by atoms with E-state index in [4.69, 9.17) is 0 Å². The molecule has 1 heterocycles. The molecular formula is C9H19ClN2O. The molecule has 0 bridgehead atoms. The summed E-state index contributed by atoms with van der Waals surface area (Å²) in [4.78, 5) is 13.0. The zero-order valence-electron chi connectivity index (χ0n) is 8.38. The van der Waals surface area contributed by atoms with E-state index in [0.717, 1.165) is 32.4 Å². The van der Waals surface area contributed by atoms with Crippen molar-refractivity contribution < 1.29 is 4.79 Å². The van der Waals surface area contributed by atoms with Gasteiger partial charge in [-0.2, -0.15) is 0 Å². The number of rotatable bonds is 2. The molecule has 1 aliphatic heterocycles. The fourth-order valence-electron chi connectivity index (χ4n) is 1.52. The Hall–Kier alpha value is -0.280. The molecule has 1 saturated heterocycles. The Morgan fingerprint density at radius 1 is 1.38 bits per heavy atom. The molecule has 0 saturated carbocycles. The van der Waals surface area contributed by atoms with Crippen LogP contribution in [0.25, 0.3) is 0 Å². The van der Waals surface area contributed by atoms with E-state index in [-0.39, 0.29) is 18.3 Å². The third-order valence-corrected chi connectivity index (χ3v) is 2.42. The second-order valence-corrected chi connectivity index (χ2v) is 3.69. The molecule has 1 rings (SSSR count). The van der Waals surface area contributed by atoms with Gasteiger partial charge in [-0.1, -0.05) is 0 Å². The molecule has 0 aromatic rings. The Morgan fingerprint density at radius 2 is 1.92 bits per heavy atom. The molecule has 0 unspecified atom stereocenters. The molecular weight excluding hydrogens is 188 g/mol. The van der Waals surface area contributed by atoms with Gasteiger partial charge in [-0.3, -0.25) is 4.79 Å². The summed E-state index contributed by atoms with van der Waals surface area (Å²) >= 11 is 0. The topological polar surface area (TPSA) is 32.3 Å². The average Bonchev–Trinajstić information content (AvgIpc) is 2.06. The van der Waals surface area contributed by atoms with Gasteiger partial charge in [0.2, 0.25) is 5.91 Å². The highest BCUT2D eigenvalue weighted by Gasteiger charge is 2.17. The Labute approximate surface area is 86.3 Å². The second-order valence-electron chi connectivity index (χ2n) is 3.69. The zero-order chi connectivity index (χ0) is 8.97. The maximum Gasteiger partial charge on any atom is 0.222 e. The van der Waals surface area contributed by atoms with Crippen LogP contribution in [-0.4, -0.2) is 38.0 Å². The summed E-state index contributed by atoms with van der Waals surface area (Å²) < 4.78 is 0. The van der Waals surface area contributed by atoms with Crippen molar-refractivity contribution in [2.24, 2.45) is 5.92 Å². The SMILES string of the molecule is CN(C)C(=O)CC1CCNCC1.Cl. The first-order valence-electron chi connectivity index (χ1n) is 4.61. The Kier molecular flexibility index (Phi) is 6.08. The zero-order valence-corrected chi connectivity index (χ0v) is 9.19. The van der Waals surface area contributed by atoms with Crippen molar-refractivity contribution >= 4 is 18.3 Å². The average molecular weight is 207 g/mol. The van der Waals surface area contributed by atoms with Crippen molar-refractivity contribution in [1.29, 1.82) is 0 Å². The monoisotopic (exact) mass is 206 g/mol. The lowest BCUT2D eigenvalue weighted by molar-refractivity contribution is -0.129. The maximum absolute atomic E-state index is 11.3. The van der Waals surface area contributed by atoms with Crippen LogP contribution in [0.1, 0.15) is 19.3 Å². The summed E-state index contributed by atoms with van der Waals surface area (Å²) in [6.07, 6.45) is 3.04. The van der Waals surface area contributed by atoms with Crippen LogP contribution in [-0.2, 0) is 4.79 Å². The number of hydrogen-bond donors (Lipinski definition) is 1. The molecule has 0 atom stereocenters. The summed E-state index contributed by atoms with van der Waals surface area (Å²) in [5.41, 5.74) is 0. The van der Waals surface area contributed by atoms with E-state index >= 15 is 0 Å². The number of hydrogen-bond acceptors (Lipinski definition) is 2. The molecule has 78 valence electrons. The van der Waals surface area contributed by atoms with Gasteiger partial charge in [0.25, 0.3) is 0 Å². The van der Waals surface area contributed by atoms with Gasteiger partial charge in [-0.15, -0.1) is 12.4 Å². The normalized spacial score (nSPS) is 17.7. The molecule has 0 aromatic carbocycles. The quantitative estimate of drug-likeness (QED) is 0.728. The lowest BCUT2D eigenvalue weighted by Crippen LogP contribution is -2.31. The minimum absolute atomic E-state index is 0. The smallest absolute Gasteiger partial charge is 0.222 e. The maximum atomic E-state index is 11.3. The van der Waals surface area contributed by atoms with E-state index < -0.39 is 0 Å². The summed E-state index contributed by atoms with van der Waals surface area (Å²) in [6.45, 7) is 2.15. The molecule has 1 aliphatic rings. The highest BCUT2D eigenvalue weighted by Crippen LogP contribution is 2.16. The fourth-order valence-corrected chi connectivity index (χ4v) is 1.52. The molecule has 0 spiro atoms. The summed E-state index contributed by atoms with van der Waals surface area (Å²) in [6, 6.07) is 0. The highest BCUT2D eigenvalue weighted by molar-refractivity contribution is 5.85. The van der Waals surface area contributed by atoms with E-state index in [1.165, 1.54) is 0 Å². The first kappa shape index (κ1) is 12.7. The van der Waals surface area contributed by atoms with Crippen LogP contribution in [0.5, 0.6) is 0 Å². The number of amides is 1. The summed E-state index contributed by atoms with van der Waals surface area (Å²) in [5.74, 6) is 0.878. The van der Waals surface area contributed by atoms with Gasteiger partial charge in [0, 0.05) is 20.5 Å². The van der Waals surface area contributed by atoms with E-state index in [0.29, 0.717) is 5.92 Å². The van der Waals surface area contributed by atoms with Gasteiger partial charge in [0.15, 0.2) is 0 Å². The molecule has 1 N–H and O–H groups in total. The lowest BCUT2D eigenvalue weighted by atomic mass is 9.94. The molecule has 1 amide bonds. The van der Waals surface area contributed by atoms with Crippen molar-refractivity contribution in [3.8, 4) is 0 Å². The van der Waals surface area contributed by atoms with Crippen LogP contribution >= 0.6 is 12.4 Å². The van der Waals surface area contributed by atoms with Gasteiger partial charge >= 0.3 is 0 Å². The second kappa shape index (κ2) is 6.22. The standard InChI is InChI=1S/C9H18N2O.ClH/c1-11(2)9(12)7-8-3-5-10-6-4-8;/h8,10H,3-7H2,1-2H3;1H. The number of piperidine rings is 1. The molecule has 4 heteroatoms. The van der Waals surface area contributed by atoms with Crippen LogP contribution < -0.4 is 5.32 Å². The third-order valence-electron chi connectivity index (χ3n) is 2.42. The number of halogens is 1. The number of carbonyl (C=O) groups is 1. The van der Waals surface area contributed by atoms with Gasteiger partial charge in [0.05, 0.1) is 0 Å². The van der Waals surface area contributed by atoms with Crippen LogP contribution in [0.15, 0.2) is 0 Å². The van der Waals surface area contributed by atoms with Gasteiger partial charge in [-0.05, 0) is 31.8 Å². The van der Waals surface area contributed by atoms with Crippen molar-refractivity contribution in [3.05, 3.63) is 0 Å². The van der Waals surface area contributed by atoms with Crippen LogP contribution in [0.3, 0.4) is 0 Å². The largest absolute Gasteiger partial charge is 0.349 e. The summed E-state index contributed by atoms with van der Waals surface area (Å²) in [5, 5.41) is 3.29. The fraction of sp³-hybridized carbons (Fsp3) is 0.889. The number of nitrogens with zero attached hydrogens (tertiary/aromatic N) is 1. The van der Waals surface area contributed by atoms with Crippen molar-refractivity contribution in [3.63, 3.8) is 0 Å². The van der Waals surface area contributed by atoms with E-state index in [1.54, 1.807) is 4.90 Å². The molecule has 0 radical (unpaired) electrons. The molecule has 3 nitrogen and oxygen atoms in total. The molecule has 1 fully saturated rings. The van der Waals surface area contributed by atoms with Crippen molar-refractivity contribution in [2.45, 2.75) is 19.3 Å². The number of carbonyl (C=O) groups excluding carboxylic acids is 1. The Bertz CT molecular complexity index is 156. The molecule has 0 aromatic heterocycles. The van der Waals surface area contributed by atoms with E-state index in [2.05, 4.69) is 5.32 Å². The minimum atomic E-state index is 0.